The molecule has 4 N–H and O–H groups in total. The van der Waals surface area contributed by atoms with Gasteiger partial charge in [-0.3, -0.25) is 9.59 Å². The highest BCUT2D eigenvalue weighted by molar-refractivity contribution is 5.94. The molecule has 0 spiro atoms. The monoisotopic (exact) mass is 249 g/mol. The number of carbonyl (C=O) groups excluding carboxylic acids is 2. The second kappa shape index (κ2) is 6.76. The number of amides is 2. The van der Waals surface area contributed by atoms with Crippen LogP contribution < -0.4 is 16.4 Å². The zero-order chi connectivity index (χ0) is 13.5. The predicted molar refractivity (Wildman–Crippen MR) is 71.1 cm³/mol. The highest BCUT2D eigenvalue weighted by Crippen LogP contribution is 2.08. The van der Waals surface area contributed by atoms with Crippen LogP contribution in [0.1, 0.15) is 18.9 Å². The summed E-state index contributed by atoms with van der Waals surface area (Å²) in [5, 5.41) is 5.72. The minimum atomic E-state index is -0.381. The molecule has 0 saturated heterocycles. The molecule has 5 nitrogen and oxygen atoms in total. The lowest BCUT2D eigenvalue weighted by Crippen LogP contribution is -2.39. The van der Waals surface area contributed by atoms with Crippen LogP contribution in [0.2, 0.25) is 0 Å². The van der Waals surface area contributed by atoms with Gasteiger partial charge in [-0.05, 0) is 26.0 Å². The van der Waals surface area contributed by atoms with Crippen molar-refractivity contribution in [1.82, 2.24) is 5.32 Å². The van der Waals surface area contributed by atoms with Gasteiger partial charge in [-0.1, -0.05) is 17.7 Å². The molecule has 5 heteroatoms. The molecule has 1 rings (SSSR count). The third kappa shape index (κ3) is 4.97. The number of carbonyl (C=O) groups is 2. The first-order valence-electron chi connectivity index (χ1n) is 5.88. The van der Waals surface area contributed by atoms with Gasteiger partial charge in [0, 0.05) is 18.7 Å². The van der Waals surface area contributed by atoms with E-state index in [0.29, 0.717) is 6.54 Å². The SMILES string of the molecule is Cc1ccc(NC(=O)C(C)NCCC(N)=O)cc1. The van der Waals surface area contributed by atoms with Gasteiger partial charge in [0.1, 0.15) is 0 Å². The summed E-state index contributed by atoms with van der Waals surface area (Å²) >= 11 is 0. The third-order valence-electron chi connectivity index (χ3n) is 2.53. The standard InChI is InChI=1S/C13H19N3O2/c1-9-3-5-11(6-4-9)16-13(18)10(2)15-8-7-12(14)17/h3-6,10,15H,7-8H2,1-2H3,(H2,14,17)(H,16,18). The fourth-order valence-corrected chi connectivity index (χ4v) is 1.39. The van der Waals surface area contributed by atoms with Crippen LogP contribution in [0.5, 0.6) is 0 Å². The Morgan fingerprint density at radius 1 is 1.28 bits per heavy atom. The van der Waals surface area contributed by atoms with E-state index in [4.69, 9.17) is 5.73 Å². The van der Waals surface area contributed by atoms with Crippen LogP contribution in [0.25, 0.3) is 0 Å². The van der Waals surface area contributed by atoms with Crippen molar-refractivity contribution >= 4 is 17.5 Å². The average Bonchev–Trinajstić information content (AvgIpc) is 2.31. The van der Waals surface area contributed by atoms with Gasteiger partial charge in [0.05, 0.1) is 6.04 Å². The highest BCUT2D eigenvalue weighted by atomic mass is 16.2. The number of aryl methyl sites for hydroxylation is 1. The van der Waals surface area contributed by atoms with Gasteiger partial charge in [0.25, 0.3) is 0 Å². The van der Waals surface area contributed by atoms with Gasteiger partial charge in [0.2, 0.25) is 11.8 Å². The van der Waals surface area contributed by atoms with Crippen molar-refractivity contribution in [2.75, 3.05) is 11.9 Å². The van der Waals surface area contributed by atoms with Crippen LogP contribution in [-0.2, 0) is 9.59 Å². The number of benzene rings is 1. The van der Waals surface area contributed by atoms with Crippen LogP contribution in [0.4, 0.5) is 5.69 Å². The van der Waals surface area contributed by atoms with E-state index in [1.54, 1.807) is 6.92 Å². The van der Waals surface area contributed by atoms with E-state index in [2.05, 4.69) is 10.6 Å². The molecule has 0 aliphatic rings. The smallest absolute Gasteiger partial charge is 0.241 e. The number of anilines is 1. The summed E-state index contributed by atoms with van der Waals surface area (Å²) in [5.74, 6) is -0.517. The van der Waals surface area contributed by atoms with E-state index in [-0.39, 0.29) is 24.3 Å². The van der Waals surface area contributed by atoms with Crippen molar-refractivity contribution in [3.8, 4) is 0 Å². The zero-order valence-corrected chi connectivity index (χ0v) is 10.7. The van der Waals surface area contributed by atoms with Gasteiger partial charge < -0.3 is 16.4 Å². The second-order valence-corrected chi connectivity index (χ2v) is 4.25. The molecule has 0 bridgehead atoms. The number of rotatable bonds is 6. The Bertz CT molecular complexity index is 415. The van der Waals surface area contributed by atoms with Crippen LogP contribution >= 0.6 is 0 Å². The third-order valence-corrected chi connectivity index (χ3v) is 2.53. The number of nitrogens with one attached hydrogen (secondary N) is 2. The molecule has 0 aromatic heterocycles. The van der Waals surface area contributed by atoms with E-state index in [1.807, 2.05) is 31.2 Å². The van der Waals surface area contributed by atoms with Gasteiger partial charge in [-0.15, -0.1) is 0 Å². The second-order valence-electron chi connectivity index (χ2n) is 4.25. The van der Waals surface area contributed by atoms with E-state index >= 15 is 0 Å². The Hall–Kier alpha value is -1.88. The van der Waals surface area contributed by atoms with E-state index in [1.165, 1.54) is 0 Å². The summed E-state index contributed by atoms with van der Waals surface area (Å²) < 4.78 is 0. The Kier molecular flexibility index (Phi) is 5.32. The quantitative estimate of drug-likeness (QED) is 0.696. The van der Waals surface area contributed by atoms with Crippen LogP contribution in [0.15, 0.2) is 24.3 Å². The maximum atomic E-state index is 11.8. The summed E-state index contributed by atoms with van der Waals surface area (Å²) in [7, 11) is 0. The minimum absolute atomic E-state index is 0.136. The summed E-state index contributed by atoms with van der Waals surface area (Å²) in [6, 6.07) is 7.19. The Balaban J connectivity index is 2.39. The number of hydrogen-bond acceptors (Lipinski definition) is 3. The first-order chi connectivity index (χ1) is 8.49. The number of hydrogen-bond donors (Lipinski definition) is 3. The normalized spacial score (nSPS) is 11.9. The fraction of sp³-hybridized carbons (Fsp3) is 0.385. The topological polar surface area (TPSA) is 84.2 Å². The van der Waals surface area contributed by atoms with Crippen LogP contribution in [0, 0.1) is 6.92 Å². The van der Waals surface area contributed by atoms with Crippen molar-refractivity contribution in [3.63, 3.8) is 0 Å². The summed E-state index contributed by atoms with van der Waals surface area (Å²) in [6.07, 6.45) is 0.224. The molecule has 0 saturated carbocycles. The Labute approximate surface area is 107 Å². The molecule has 0 aliphatic heterocycles. The van der Waals surface area contributed by atoms with Crippen molar-refractivity contribution in [2.24, 2.45) is 5.73 Å². The van der Waals surface area contributed by atoms with E-state index in [9.17, 15) is 9.59 Å². The zero-order valence-electron chi connectivity index (χ0n) is 10.7. The van der Waals surface area contributed by atoms with Gasteiger partial charge in [-0.2, -0.15) is 0 Å². The molecule has 1 aromatic carbocycles. The Morgan fingerprint density at radius 3 is 2.44 bits per heavy atom. The predicted octanol–water partition coefficient (Wildman–Crippen LogP) is 0.787. The molecule has 18 heavy (non-hydrogen) atoms. The van der Waals surface area contributed by atoms with E-state index in [0.717, 1.165) is 11.3 Å². The van der Waals surface area contributed by atoms with Crippen molar-refractivity contribution < 1.29 is 9.59 Å². The highest BCUT2D eigenvalue weighted by Gasteiger charge is 2.12. The summed E-state index contributed by atoms with van der Waals surface area (Å²) in [4.78, 5) is 22.3. The average molecular weight is 249 g/mol. The van der Waals surface area contributed by atoms with Gasteiger partial charge >= 0.3 is 0 Å². The van der Waals surface area contributed by atoms with Crippen molar-refractivity contribution in [1.29, 1.82) is 0 Å². The first kappa shape index (κ1) is 14.2. The number of primary amides is 1. The molecule has 0 fully saturated rings. The molecule has 1 aromatic rings. The molecule has 0 aliphatic carbocycles. The molecule has 98 valence electrons. The summed E-state index contributed by atoms with van der Waals surface area (Å²) in [5.41, 5.74) is 6.91. The molecule has 0 radical (unpaired) electrons. The number of nitrogens with two attached hydrogens (primary N) is 1. The maximum Gasteiger partial charge on any atom is 0.241 e. The van der Waals surface area contributed by atoms with Crippen molar-refractivity contribution in [3.05, 3.63) is 29.8 Å². The molecule has 2 amide bonds. The fourth-order valence-electron chi connectivity index (χ4n) is 1.39. The lowest BCUT2D eigenvalue weighted by atomic mass is 10.2. The van der Waals surface area contributed by atoms with Crippen LogP contribution in [0.3, 0.4) is 0 Å². The largest absolute Gasteiger partial charge is 0.370 e. The molecule has 1 unspecified atom stereocenters. The van der Waals surface area contributed by atoms with Crippen molar-refractivity contribution in [2.45, 2.75) is 26.3 Å². The lowest BCUT2D eigenvalue weighted by Gasteiger charge is -2.13. The summed E-state index contributed by atoms with van der Waals surface area (Å²) in [6.45, 7) is 4.13. The molecular weight excluding hydrogens is 230 g/mol. The molecular formula is C13H19N3O2. The first-order valence-corrected chi connectivity index (χ1v) is 5.88. The van der Waals surface area contributed by atoms with Gasteiger partial charge in [-0.25, -0.2) is 0 Å². The minimum Gasteiger partial charge on any atom is -0.370 e. The van der Waals surface area contributed by atoms with Crippen LogP contribution in [-0.4, -0.2) is 24.4 Å². The maximum absolute atomic E-state index is 11.8. The van der Waals surface area contributed by atoms with Gasteiger partial charge in [0.15, 0.2) is 0 Å². The Morgan fingerprint density at radius 2 is 1.89 bits per heavy atom. The van der Waals surface area contributed by atoms with E-state index < -0.39 is 0 Å². The molecule has 0 heterocycles. The molecule has 1 atom stereocenters. The lowest BCUT2D eigenvalue weighted by molar-refractivity contribution is -0.119.